The van der Waals surface area contributed by atoms with Gasteiger partial charge in [-0.1, -0.05) is 39.5 Å². The molecular formula is C15H28N2O. The van der Waals surface area contributed by atoms with Crippen LogP contribution in [0.4, 0.5) is 0 Å². The van der Waals surface area contributed by atoms with Gasteiger partial charge in [-0.05, 0) is 31.1 Å². The van der Waals surface area contributed by atoms with Crippen molar-refractivity contribution in [3.05, 3.63) is 0 Å². The second kappa shape index (κ2) is 6.55. The predicted octanol–water partition coefficient (Wildman–Crippen LogP) is 2.76. The largest absolute Gasteiger partial charge is 0.326 e. The van der Waals surface area contributed by atoms with Crippen molar-refractivity contribution in [2.24, 2.45) is 11.8 Å². The van der Waals surface area contributed by atoms with Gasteiger partial charge in [0.25, 0.3) is 0 Å². The molecule has 104 valence electrons. The molecule has 1 amide bonds. The molecule has 1 saturated carbocycles. The highest BCUT2D eigenvalue weighted by Crippen LogP contribution is 2.31. The van der Waals surface area contributed by atoms with E-state index in [9.17, 15) is 4.79 Å². The van der Waals surface area contributed by atoms with Crippen molar-refractivity contribution in [1.82, 2.24) is 10.2 Å². The minimum absolute atomic E-state index is 0.303. The van der Waals surface area contributed by atoms with Crippen LogP contribution >= 0.6 is 0 Å². The van der Waals surface area contributed by atoms with Gasteiger partial charge >= 0.3 is 0 Å². The van der Waals surface area contributed by atoms with Crippen molar-refractivity contribution < 1.29 is 4.79 Å². The van der Waals surface area contributed by atoms with Crippen molar-refractivity contribution in [2.45, 2.75) is 65.0 Å². The first-order valence-corrected chi connectivity index (χ1v) is 7.73. The molecule has 0 spiro atoms. The number of carbonyl (C=O) groups excluding carboxylic acids is 1. The van der Waals surface area contributed by atoms with Crippen molar-refractivity contribution in [1.29, 1.82) is 0 Å². The Labute approximate surface area is 111 Å². The number of rotatable bonds is 5. The second-order valence-electron chi connectivity index (χ2n) is 6.20. The van der Waals surface area contributed by atoms with Gasteiger partial charge in [-0.2, -0.15) is 0 Å². The Balaban J connectivity index is 1.78. The maximum absolute atomic E-state index is 11.9. The molecule has 0 aromatic carbocycles. The van der Waals surface area contributed by atoms with E-state index in [0.29, 0.717) is 18.6 Å². The van der Waals surface area contributed by atoms with Gasteiger partial charge in [0.2, 0.25) is 5.91 Å². The smallest absolute Gasteiger partial charge is 0.237 e. The fraction of sp³-hybridized carbons (Fsp3) is 0.933. The fourth-order valence-electron chi connectivity index (χ4n) is 3.55. The summed E-state index contributed by atoms with van der Waals surface area (Å²) in [6.45, 7) is 6.07. The van der Waals surface area contributed by atoms with Crippen molar-refractivity contribution in [3.63, 3.8) is 0 Å². The number of amides is 1. The molecule has 2 rings (SSSR count). The van der Waals surface area contributed by atoms with Crippen LogP contribution in [-0.4, -0.2) is 30.1 Å². The lowest BCUT2D eigenvalue weighted by atomic mass is 9.81. The van der Waals surface area contributed by atoms with Gasteiger partial charge in [0, 0.05) is 6.54 Å². The number of hydrogen-bond donors (Lipinski definition) is 1. The molecule has 0 bridgehead atoms. The average Bonchev–Trinajstić information content (AvgIpc) is 2.69. The first-order chi connectivity index (χ1) is 8.70. The van der Waals surface area contributed by atoms with Crippen LogP contribution in [0.3, 0.4) is 0 Å². The van der Waals surface area contributed by atoms with Crippen molar-refractivity contribution >= 4 is 5.91 Å². The first-order valence-electron chi connectivity index (χ1n) is 7.73. The maximum atomic E-state index is 11.9. The molecule has 2 fully saturated rings. The summed E-state index contributed by atoms with van der Waals surface area (Å²) in [7, 11) is 0. The van der Waals surface area contributed by atoms with Crippen molar-refractivity contribution in [2.75, 3.05) is 13.1 Å². The van der Waals surface area contributed by atoms with Gasteiger partial charge < -0.3 is 4.90 Å². The van der Waals surface area contributed by atoms with E-state index in [0.717, 1.165) is 31.2 Å². The Morgan fingerprint density at radius 2 is 2.17 bits per heavy atom. The molecule has 0 aromatic heterocycles. The number of hydrogen-bond acceptors (Lipinski definition) is 2. The zero-order valence-corrected chi connectivity index (χ0v) is 12.0. The summed E-state index contributed by atoms with van der Waals surface area (Å²) in [6.07, 6.45) is 9.28. The Morgan fingerprint density at radius 3 is 2.89 bits per heavy atom. The van der Waals surface area contributed by atoms with Gasteiger partial charge in [0.05, 0.1) is 12.7 Å². The third-order valence-electron chi connectivity index (χ3n) is 4.57. The third-order valence-corrected chi connectivity index (χ3v) is 4.57. The van der Waals surface area contributed by atoms with Crippen LogP contribution in [0, 0.1) is 11.8 Å². The van der Waals surface area contributed by atoms with Crippen LogP contribution in [0.25, 0.3) is 0 Å². The molecule has 2 aliphatic rings. The molecule has 18 heavy (non-hydrogen) atoms. The summed E-state index contributed by atoms with van der Waals surface area (Å²) >= 11 is 0. The highest BCUT2D eigenvalue weighted by molar-refractivity contribution is 5.80. The molecule has 3 heteroatoms. The highest BCUT2D eigenvalue weighted by atomic mass is 16.2. The summed E-state index contributed by atoms with van der Waals surface area (Å²) in [4.78, 5) is 13.9. The predicted molar refractivity (Wildman–Crippen MR) is 74.2 cm³/mol. The van der Waals surface area contributed by atoms with E-state index < -0.39 is 0 Å². The van der Waals surface area contributed by atoms with Crippen molar-refractivity contribution in [3.8, 4) is 0 Å². The van der Waals surface area contributed by atoms with E-state index in [1.807, 2.05) is 0 Å². The normalized spacial score (nSPS) is 33.1. The second-order valence-corrected chi connectivity index (χ2v) is 6.20. The van der Waals surface area contributed by atoms with Crippen LogP contribution in [0.15, 0.2) is 0 Å². The molecule has 1 saturated heterocycles. The average molecular weight is 252 g/mol. The van der Waals surface area contributed by atoms with E-state index in [1.165, 1.54) is 32.1 Å². The number of nitrogens with zero attached hydrogens (tertiary/aromatic N) is 1. The fourth-order valence-corrected chi connectivity index (χ4v) is 3.55. The lowest BCUT2D eigenvalue weighted by Gasteiger charge is -2.30. The van der Waals surface area contributed by atoms with E-state index in [-0.39, 0.29) is 0 Å². The first kappa shape index (κ1) is 13.9. The molecule has 3 atom stereocenters. The molecule has 0 aromatic rings. The summed E-state index contributed by atoms with van der Waals surface area (Å²) in [5.74, 6) is 2.05. The Kier molecular flexibility index (Phi) is 5.04. The van der Waals surface area contributed by atoms with E-state index in [2.05, 4.69) is 24.1 Å². The van der Waals surface area contributed by atoms with E-state index in [1.54, 1.807) is 0 Å². The molecule has 3 unspecified atom stereocenters. The topological polar surface area (TPSA) is 32.3 Å². The maximum Gasteiger partial charge on any atom is 0.237 e. The number of nitrogens with one attached hydrogen (secondary N) is 1. The third kappa shape index (κ3) is 3.47. The zero-order valence-electron chi connectivity index (χ0n) is 12.0. The highest BCUT2D eigenvalue weighted by Gasteiger charge is 2.30. The monoisotopic (exact) mass is 252 g/mol. The van der Waals surface area contributed by atoms with Gasteiger partial charge in [0.15, 0.2) is 0 Å². The van der Waals surface area contributed by atoms with Gasteiger partial charge in [-0.15, -0.1) is 0 Å². The molecular weight excluding hydrogens is 224 g/mol. The van der Waals surface area contributed by atoms with E-state index in [4.69, 9.17) is 0 Å². The van der Waals surface area contributed by atoms with Gasteiger partial charge in [-0.3, -0.25) is 10.1 Å². The molecule has 1 aliphatic heterocycles. The minimum atomic E-state index is 0.303. The minimum Gasteiger partial charge on any atom is -0.326 e. The molecule has 1 heterocycles. The molecule has 1 N–H and O–H groups in total. The van der Waals surface area contributed by atoms with Crippen LogP contribution in [0.2, 0.25) is 0 Å². The lowest BCUT2D eigenvalue weighted by molar-refractivity contribution is -0.128. The summed E-state index contributed by atoms with van der Waals surface area (Å²) < 4.78 is 0. The number of carbonyl (C=O) groups is 1. The Morgan fingerprint density at radius 1 is 1.33 bits per heavy atom. The van der Waals surface area contributed by atoms with Crippen LogP contribution < -0.4 is 5.32 Å². The zero-order chi connectivity index (χ0) is 13.0. The Hall–Kier alpha value is -0.570. The van der Waals surface area contributed by atoms with Crippen LogP contribution in [0.5, 0.6) is 0 Å². The lowest BCUT2D eigenvalue weighted by Crippen LogP contribution is -2.38. The summed E-state index contributed by atoms with van der Waals surface area (Å²) in [5.41, 5.74) is 0. The van der Waals surface area contributed by atoms with Crippen LogP contribution in [-0.2, 0) is 4.79 Å². The molecule has 3 nitrogen and oxygen atoms in total. The summed E-state index contributed by atoms with van der Waals surface area (Å²) in [5, 5.41) is 3.33. The summed E-state index contributed by atoms with van der Waals surface area (Å²) in [6, 6.07) is 0. The van der Waals surface area contributed by atoms with Gasteiger partial charge in [0.1, 0.15) is 0 Å². The Bertz CT molecular complexity index is 280. The van der Waals surface area contributed by atoms with Crippen LogP contribution in [0.1, 0.15) is 58.8 Å². The molecule has 1 aliphatic carbocycles. The van der Waals surface area contributed by atoms with E-state index >= 15 is 0 Å². The van der Waals surface area contributed by atoms with Gasteiger partial charge in [-0.25, -0.2) is 0 Å². The molecule has 0 radical (unpaired) electrons. The standard InChI is InChI=1S/C15H28N2O/c1-3-5-14-16-11-15(18)17(14)9-8-13-7-4-6-12(2)10-13/h12-14,16H,3-11H2,1-2H3. The SMILES string of the molecule is CCCC1NCC(=O)N1CCC1CCCC(C)C1. The quantitative estimate of drug-likeness (QED) is 0.816.